The summed E-state index contributed by atoms with van der Waals surface area (Å²) >= 11 is 1.59. The summed E-state index contributed by atoms with van der Waals surface area (Å²) in [7, 11) is 0. The Morgan fingerprint density at radius 3 is 2.70 bits per heavy atom. The maximum atomic E-state index is 12.5. The fourth-order valence-electron chi connectivity index (χ4n) is 2.06. The molecule has 2 rings (SSSR count). The average Bonchev–Trinajstić information content (AvgIpc) is 2.94. The molecule has 20 heavy (non-hydrogen) atoms. The van der Waals surface area contributed by atoms with E-state index in [0.29, 0.717) is 0 Å². The van der Waals surface area contributed by atoms with E-state index in [1.54, 1.807) is 23.5 Å². The van der Waals surface area contributed by atoms with Gasteiger partial charge in [-0.3, -0.25) is 0 Å². The lowest BCUT2D eigenvalue weighted by Gasteiger charge is -2.21. The third-order valence-corrected chi connectivity index (χ3v) is 3.62. The van der Waals surface area contributed by atoms with Crippen molar-refractivity contribution in [3.05, 3.63) is 52.2 Å². The number of para-hydroxylation sites is 1. The molecule has 0 saturated heterocycles. The summed E-state index contributed by atoms with van der Waals surface area (Å²) in [6, 6.07) is 8.80. The molecular weight excluding hydrogens is 280 g/mol. The topological polar surface area (TPSA) is 21.3 Å². The molecule has 0 fully saturated rings. The van der Waals surface area contributed by atoms with E-state index in [4.69, 9.17) is 0 Å². The van der Waals surface area contributed by atoms with Crippen LogP contribution in [0.3, 0.4) is 0 Å². The van der Waals surface area contributed by atoms with Crippen molar-refractivity contribution in [1.29, 1.82) is 0 Å². The van der Waals surface area contributed by atoms with Gasteiger partial charge < -0.3 is 10.1 Å². The van der Waals surface area contributed by atoms with Crippen LogP contribution in [0.5, 0.6) is 5.75 Å². The van der Waals surface area contributed by atoms with Crippen molar-refractivity contribution in [2.75, 3.05) is 6.54 Å². The number of benzene rings is 1. The number of thiophene rings is 1. The van der Waals surface area contributed by atoms with Gasteiger partial charge >= 0.3 is 6.61 Å². The molecule has 0 saturated carbocycles. The Balaban J connectivity index is 2.33. The van der Waals surface area contributed by atoms with Gasteiger partial charge in [-0.25, -0.2) is 0 Å². The first-order valence-electron chi connectivity index (χ1n) is 6.51. The minimum atomic E-state index is -2.81. The van der Waals surface area contributed by atoms with Crippen LogP contribution < -0.4 is 10.1 Å². The summed E-state index contributed by atoms with van der Waals surface area (Å²) in [6.07, 6.45) is 0.971. The molecule has 0 bridgehead atoms. The molecule has 5 heteroatoms. The average molecular weight is 297 g/mol. The Kier molecular flexibility index (Phi) is 5.49. The Bertz CT molecular complexity index is 516. The Morgan fingerprint density at radius 1 is 1.25 bits per heavy atom. The molecule has 1 N–H and O–H groups in total. The highest BCUT2D eigenvalue weighted by Crippen LogP contribution is 2.31. The van der Waals surface area contributed by atoms with Crippen LogP contribution in [0.2, 0.25) is 0 Å². The zero-order chi connectivity index (χ0) is 14.4. The second-order valence-corrected chi connectivity index (χ2v) is 5.14. The van der Waals surface area contributed by atoms with Crippen molar-refractivity contribution in [3.8, 4) is 5.75 Å². The molecule has 1 unspecified atom stereocenters. The largest absolute Gasteiger partial charge is 0.434 e. The van der Waals surface area contributed by atoms with E-state index in [1.165, 1.54) is 0 Å². The van der Waals surface area contributed by atoms with Gasteiger partial charge in [0.2, 0.25) is 0 Å². The quantitative estimate of drug-likeness (QED) is 0.816. The van der Waals surface area contributed by atoms with Crippen LogP contribution in [0.1, 0.15) is 30.5 Å². The molecule has 0 radical (unpaired) electrons. The van der Waals surface area contributed by atoms with Crippen LogP contribution >= 0.6 is 11.3 Å². The molecule has 1 atom stereocenters. The lowest BCUT2D eigenvalue weighted by molar-refractivity contribution is -0.0506. The number of nitrogens with one attached hydrogen (secondary N) is 1. The Labute approximate surface area is 121 Å². The summed E-state index contributed by atoms with van der Waals surface area (Å²) < 4.78 is 29.7. The zero-order valence-corrected chi connectivity index (χ0v) is 12.0. The molecule has 2 aromatic rings. The fraction of sp³-hybridized carbons (Fsp3) is 0.333. The van der Waals surface area contributed by atoms with Gasteiger partial charge in [-0.05, 0) is 41.4 Å². The molecule has 2 nitrogen and oxygen atoms in total. The molecule has 0 aliphatic rings. The smallest absolute Gasteiger partial charge is 0.387 e. The molecule has 1 heterocycles. The van der Waals surface area contributed by atoms with Gasteiger partial charge in [0.05, 0.1) is 6.04 Å². The van der Waals surface area contributed by atoms with Crippen molar-refractivity contribution in [3.63, 3.8) is 0 Å². The van der Waals surface area contributed by atoms with Crippen molar-refractivity contribution in [1.82, 2.24) is 5.32 Å². The summed E-state index contributed by atoms with van der Waals surface area (Å²) in [5.74, 6) is 0.224. The van der Waals surface area contributed by atoms with Gasteiger partial charge in [0.15, 0.2) is 0 Å². The first-order chi connectivity index (χ1) is 9.72. The second kappa shape index (κ2) is 7.36. The predicted octanol–water partition coefficient (Wildman–Crippen LogP) is 4.44. The van der Waals surface area contributed by atoms with E-state index in [2.05, 4.69) is 17.0 Å². The Morgan fingerprint density at radius 2 is 2.05 bits per heavy atom. The van der Waals surface area contributed by atoms with Gasteiger partial charge in [0.1, 0.15) is 5.75 Å². The minimum Gasteiger partial charge on any atom is -0.434 e. The molecule has 1 aromatic heterocycles. The first-order valence-corrected chi connectivity index (χ1v) is 7.46. The second-order valence-electron chi connectivity index (χ2n) is 4.36. The number of alkyl halides is 2. The zero-order valence-electron chi connectivity index (χ0n) is 11.2. The van der Waals surface area contributed by atoms with Crippen LogP contribution in [0.4, 0.5) is 8.78 Å². The van der Waals surface area contributed by atoms with Gasteiger partial charge in [0, 0.05) is 5.56 Å². The maximum absolute atomic E-state index is 12.5. The molecule has 0 aliphatic heterocycles. The van der Waals surface area contributed by atoms with Crippen molar-refractivity contribution >= 4 is 11.3 Å². The van der Waals surface area contributed by atoms with Crippen molar-refractivity contribution < 1.29 is 13.5 Å². The van der Waals surface area contributed by atoms with E-state index in [9.17, 15) is 8.78 Å². The molecule has 1 aromatic carbocycles. The van der Waals surface area contributed by atoms with E-state index >= 15 is 0 Å². The number of rotatable bonds is 7. The van der Waals surface area contributed by atoms with E-state index in [1.807, 2.05) is 29.0 Å². The van der Waals surface area contributed by atoms with Gasteiger partial charge in [0.25, 0.3) is 0 Å². The van der Waals surface area contributed by atoms with Crippen molar-refractivity contribution in [2.45, 2.75) is 26.0 Å². The SMILES string of the molecule is CCCNC(c1ccsc1)c1ccccc1OC(F)F. The highest BCUT2D eigenvalue weighted by atomic mass is 32.1. The maximum Gasteiger partial charge on any atom is 0.387 e. The highest BCUT2D eigenvalue weighted by molar-refractivity contribution is 7.08. The van der Waals surface area contributed by atoms with Gasteiger partial charge in [-0.2, -0.15) is 20.1 Å². The van der Waals surface area contributed by atoms with E-state index < -0.39 is 6.61 Å². The third kappa shape index (κ3) is 3.77. The molecule has 0 aliphatic carbocycles. The molecule has 108 valence electrons. The predicted molar refractivity (Wildman–Crippen MR) is 77.5 cm³/mol. The standard InChI is InChI=1S/C15H17F2NOS/c1-2-8-18-14(11-7-9-20-10-11)12-5-3-4-6-13(12)19-15(16)17/h3-7,9-10,14-15,18H,2,8H2,1H3. The highest BCUT2D eigenvalue weighted by Gasteiger charge is 2.19. The summed E-state index contributed by atoms with van der Waals surface area (Å²) in [4.78, 5) is 0. The van der Waals surface area contributed by atoms with Crippen molar-refractivity contribution in [2.24, 2.45) is 0 Å². The summed E-state index contributed by atoms with van der Waals surface area (Å²) in [5.41, 5.74) is 1.80. The fourth-order valence-corrected chi connectivity index (χ4v) is 2.74. The number of ether oxygens (including phenoxy) is 1. The van der Waals surface area contributed by atoms with E-state index in [-0.39, 0.29) is 11.8 Å². The number of hydrogen-bond donors (Lipinski definition) is 1. The first kappa shape index (κ1) is 14.9. The van der Waals surface area contributed by atoms with Gasteiger partial charge in [-0.1, -0.05) is 25.1 Å². The molecule has 0 amide bonds. The number of hydrogen-bond acceptors (Lipinski definition) is 3. The van der Waals surface area contributed by atoms with E-state index in [0.717, 1.165) is 24.1 Å². The summed E-state index contributed by atoms with van der Waals surface area (Å²) in [6.45, 7) is 0.0633. The lowest BCUT2D eigenvalue weighted by Crippen LogP contribution is -2.23. The van der Waals surface area contributed by atoms with Gasteiger partial charge in [-0.15, -0.1) is 0 Å². The van der Waals surface area contributed by atoms with Crippen LogP contribution in [0, 0.1) is 0 Å². The van der Waals surface area contributed by atoms with Crippen LogP contribution in [0.15, 0.2) is 41.1 Å². The minimum absolute atomic E-state index is 0.129. The monoisotopic (exact) mass is 297 g/mol. The summed E-state index contributed by atoms with van der Waals surface area (Å²) in [5, 5.41) is 7.38. The van der Waals surface area contributed by atoms with Crippen LogP contribution in [0.25, 0.3) is 0 Å². The van der Waals surface area contributed by atoms with Crippen LogP contribution in [-0.4, -0.2) is 13.2 Å². The molecular formula is C15H17F2NOS. The molecule has 0 spiro atoms. The lowest BCUT2D eigenvalue weighted by atomic mass is 10.00. The number of halogens is 2. The Hall–Kier alpha value is -1.46. The third-order valence-electron chi connectivity index (χ3n) is 2.92. The van der Waals surface area contributed by atoms with Crippen LogP contribution in [-0.2, 0) is 0 Å². The normalized spacial score (nSPS) is 12.6.